The molecule has 4 heteroatoms. The van der Waals surface area contributed by atoms with E-state index in [4.69, 9.17) is 4.98 Å². The van der Waals surface area contributed by atoms with Gasteiger partial charge in [-0.25, -0.2) is 4.98 Å². The molecule has 2 atom stereocenters. The number of aliphatic hydroxyl groups is 1. The summed E-state index contributed by atoms with van der Waals surface area (Å²) in [5.41, 5.74) is 1.39. The van der Waals surface area contributed by atoms with Gasteiger partial charge in [0.2, 0.25) is 0 Å². The van der Waals surface area contributed by atoms with Gasteiger partial charge in [-0.05, 0) is 32.1 Å². The SMILES string of the molecule is CC1(CNCc2nc3c(s2)CCC3)CCCCC1O. The van der Waals surface area contributed by atoms with Gasteiger partial charge in [-0.2, -0.15) is 0 Å². The van der Waals surface area contributed by atoms with E-state index in [-0.39, 0.29) is 11.5 Å². The monoisotopic (exact) mass is 280 g/mol. The molecule has 1 aromatic rings. The van der Waals surface area contributed by atoms with Crippen LogP contribution in [0, 0.1) is 5.41 Å². The highest BCUT2D eigenvalue weighted by Gasteiger charge is 2.34. The van der Waals surface area contributed by atoms with Crippen LogP contribution in [0.25, 0.3) is 0 Å². The third kappa shape index (κ3) is 2.86. The molecule has 0 saturated heterocycles. The predicted molar refractivity (Wildman–Crippen MR) is 78.4 cm³/mol. The van der Waals surface area contributed by atoms with Gasteiger partial charge in [-0.3, -0.25) is 0 Å². The van der Waals surface area contributed by atoms with Crippen molar-refractivity contribution in [1.82, 2.24) is 10.3 Å². The molecule has 2 unspecified atom stereocenters. The molecule has 0 bridgehead atoms. The summed E-state index contributed by atoms with van der Waals surface area (Å²) in [6.45, 7) is 3.98. The Morgan fingerprint density at radius 3 is 3.05 bits per heavy atom. The molecular weight excluding hydrogens is 256 g/mol. The summed E-state index contributed by atoms with van der Waals surface area (Å²) in [5, 5.41) is 14.9. The Balaban J connectivity index is 1.52. The fourth-order valence-electron chi connectivity index (χ4n) is 3.36. The molecule has 0 aromatic carbocycles. The molecule has 2 aliphatic rings. The summed E-state index contributed by atoms with van der Waals surface area (Å²) < 4.78 is 0. The maximum Gasteiger partial charge on any atom is 0.107 e. The van der Waals surface area contributed by atoms with Gasteiger partial charge in [0.1, 0.15) is 5.01 Å². The first-order valence-corrected chi connectivity index (χ1v) is 8.35. The van der Waals surface area contributed by atoms with Crippen LogP contribution in [0.3, 0.4) is 0 Å². The zero-order chi connectivity index (χ0) is 13.3. The molecule has 0 radical (unpaired) electrons. The van der Waals surface area contributed by atoms with E-state index in [0.717, 1.165) is 25.9 Å². The summed E-state index contributed by atoms with van der Waals surface area (Å²) in [6, 6.07) is 0. The highest BCUT2D eigenvalue weighted by atomic mass is 32.1. The molecule has 19 heavy (non-hydrogen) atoms. The Hall–Kier alpha value is -0.450. The minimum absolute atomic E-state index is 0.0538. The quantitative estimate of drug-likeness (QED) is 0.891. The second-order valence-electron chi connectivity index (χ2n) is 6.35. The number of thiazole rings is 1. The summed E-state index contributed by atoms with van der Waals surface area (Å²) >= 11 is 1.87. The predicted octanol–water partition coefficient (Wildman–Crippen LogP) is 2.66. The highest BCUT2D eigenvalue weighted by molar-refractivity contribution is 7.11. The van der Waals surface area contributed by atoms with E-state index in [0.29, 0.717) is 0 Å². The lowest BCUT2D eigenvalue weighted by Gasteiger charge is -2.38. The summed E-state index contributed by atoms with van der Waals surface area (Å²) in [6.07, 6.45) is 8.06. The number of hydrogen-bond donors (Lipinski definition) is 2. The van der Waals surface area contributed by atoms with Crippen molar-refractivity contribution < 1.29 is 5.11 Å². The number of nitrogens with zero attached hydrogens (tertiary/aromatic N) is 1. The highest BCUT2D eigenvalue weighted by Crippen LogP contribution is 2.35. The summed E-state index contributed by atoms with van der Waals surface area (Å²) in [4.78, 5) is 6.21. The first kappa shape index (κ1) is 13.5. The molecular formula is C15H24N2OS. The fourth-order valence-corrected chi connectivity index (χ4v) is 4.49. The largest absolute Gasteiger partial charge is 0.393 e. The molecule has 1 saturated carbocycles. The fraction of sp³-hybridized carbons (Fsp3) is 0.800. The molecule has 0 amide bonds. The Bertz CT molecular complexity index is 424. The number of fused-ring (bicyclic) bond motifs is 1. The van der Waals surface area contributed by atoms with Gasteiger partial charge in [-0.15, -0.1) is 11.3 Å². The van der Waals surface area contributed by atoms with Crippen molar-refractivity contribution in [3.63, 3.8) is 0 Å². The van der Waals surface area contributed by atoms with Crippen molar-refractivity contribution in [1.29, 1.82) is 0 Å². The Kier molecular flexibility index (Phi) is 3.92. The van der Waals surface area contributed by atoms with E-state index in [1.165, 1.54) is 47.7 Å². The third-order valence-electron chi connectivity index (χ3n) is 4.72. The zero-order valence-corrected chi connectivity index (χ0v) is 12.6. The first-order chi connectivity index (χ1) is 9.17. The topological polar surface area (TPSA) is 45.2 Å². The lowest BCUT2D eigenvalue weighted by atomic mass is 9.73. The van der Waals surface area contributed by atoms with Crippen LogP contribution < -0.4 is 5.32 Å². The molecule has 3 rings (SSSR count). The molecule has 1 fully saturated rings. The molecule has 0 spiro atoms. The second kappa shape index (κ2) is 5.51. The third-order valence-corrected chi connectivity index (χ3v) is 5.88. The minimum Gasteiger partial charge on any atom is -0.393 e. The van der Waals surface area contributed by atoms with E-state index >= 15 is 0 Å². The van der Waals surface area contributed by atoms with Crippen LogP contribution in [0.15, 0.2) is 0 Å². The lowest BCUT2D eigenvalue weighted by Crippen LogP contribution is -2.43. The van der Waals surface area contributed by atoms with Crippen LogP contribution in [0.4, 0.5) is 0 Å². The van der Waals surface area contributed by atoms with Gasteiger partial charge in [0, 0.05) is 23.4 Å². The van der Waals surface area contributed by atoms with Crippen LogP contribution in [-0.2, 0) is 19.4 Å². The molecule has 106 valence electrons. The van der Waals surface area contributed by atoms with Crippen molar-refractivity contribution in [2.45, 2.75) is 64.5 Å². The molecule has 3 nitrogen and oxygen atoms in total. The second-order valence-corrected chi connectivity index (χ2v) is 7.52. The smallest absolute Gasteiger partial charge is 0.107 e. The Morgan fingerprint density at radius 1 is 1.37 bits per heavy atom. The van der Waals surface area contributed by atoms with Crippen LogP contribution in [0.5, 0.6) is 0 Å². The number of aliphatic hydroxyl groups excluding tert-OH is 1. The standard InChI is InChI=1S/C15H24N2OS/c1-15(8-3-2-7-13(15)18)10-16-9-14-17-11-5-4-6-12(11)19-14/h13,16,18H,2-10H2,1H3. The van der Waals surface area contributed by atoms with E-state index in [2.05, 4.69) is 12.2 Å². The lowest BCUT2D eigenvalue weighted by molar-refractivity contribution is 0.00115. The van der Waals surface area contributed by atoms with Crippen LogP contribution in [0.2, 0.25) is 0 Å². The van der Waals surface area contributed by atoms with Gasteiger partial charge in [0.15, 0.2) is 0 Å². The van der Waals surface area contributed by atoms with E-state index in [9.17, 15) is 5.11 Å². The van der Waals surface area contributed by atoms with Gasteiger partial charge in [-0.1, -0.05) is 19.8 Å². The minimum atomic E-state index is -0.143. The number of nitrogens with one attached hydrogen (secondary N) is 1. The van der Waals surface area contributed by atoms with Crippen molar-refractivity contribution >= 4 is 11.3 Å². The average molecular weight is 280 g/mol. The summed E-state index contributed by atoms with van der Waals surface area (Å²) in [7, 11) is 0. The van der Waals surface area contributed by atoms with Gasteiger partial charge in [0.25, 0.3) is 0 Å². The molecule has 0 aliphatic heterocycles. The van der Waals surface area contributed by atoms with Crippen LogP contribution in [-0.4, -0.2) is 22.7 Å². The molecule has 2 aliphatic carbocycles. The average Bonchev–Trinajstić information content (AvgIpc) is 2.94. The number of rotatable bonds is 4. The van der Waals surface area contributed by atoms with Crippen LogP contribution >= 0.6 is 11.3 Å². The first-order valence-electron chi connectivity index (χ1n) is 7.54. The van der Waals surface area contributed by atoms with E-state index in [1.54, 1.807) is 0 Å². The number of aromatic nitrogens is 1. The van der Waals surface area contributed by atoms with E-state index < -0.39 is 0 Å². The van der Waals surface area contributed by atoms with Crippen LogP contribution in [0.1, 0.15) is 54.6 Å². The maximum atomic E-state index is 10.2. The molecule has 1 aromatic heterocycles. The van der Waals surface area contributed by atoms with Gasteiger partial charge < -0.3 is 10.4 Å². The van der Waals surface area contributed by atoms with Crippen molar-refractivity contribution in [3.05, 3.63) is 15.6 Å². The van der Waals surface area contributed by atoms with Gasteiger partial charge >= 0.3 is 0 Å². The maximum absolute atomic E-state index is 10.2. The summed E-state index contributed by atoms with van der Waals surface area (Å²) in [5.74, 6) is 0. The number of hydrogen-bond acceptors (Lipinski definition) is 4. The Labute approximate surface area is 119 Å². The van der Waals surface area contributed by atoms with Crippen molar-refractivity contribution in [2.75, 3.05) is 6.54 Å². The van der Waals surface area contributed by atoms with Crippen molar-refractivity contribution in [2.24, 2.45) is 5.41 Å². The molecule has 1 heterocycles. The molecule has 2 N–H and O–H groups in total. The number of aryl methyl sites for hydroxylation is 2. The zero-order valence-electron chi connectivity index (χ0n) is 11.7. The van der Waals surface area contributed by atoms with Gasteiger partial charge in [0.05, 0.1) is 11.8 Å². The van der Waals surface area contributed by atoms with E-state index in [1.807, 2.05) is 11.3 Å². The normalized spacial score (nSPS) is 30.5. The van der Waals surface area contributed by atoms with Crippen molar-refractivity contribution in [3.8, 4) is 0 Å². The Morgan fingerprint density at radius 2 is 2.26 bits per heavy atom.